The van der Waals surface area contributed by atoms with Gasteiger partial charge < -0.3 is 15.3 Å². The van der Waals surface area contributed by atoms with E-state index in [4.69, 9.17) is 21.6 Å². The van der Waals surface area contributed by atoms with Crippen LogP contribution in [0.15, 0.2) is 60.7 Å². The summed E-state index contributed by atoms with van der Waals surface area (Å²) in [6.07, 6.45) is 0.668. The van der Waals surface area contributed by atoms with E-state index in [-0.39, 0.29) is 26.7 Å². The third-order valence-corrected chi connectivity index (χ3v) is 6.31. The highest BCUT2D eigenvalue weighted by atomic mass is 35.5. The predicted octanol–water partition coefficient (Wildman–Crippen LogP) is 5.85. The van der Waals surface area contributed by atoms with E-state index in [2.05, 4.69) is 10.2 Å². The van der Waals surface area contributed by atoms with Gasteiger partial charge in [-0.05, 0) is 55.3 Å². The summed E-state index contributed by atoms with van der Waals surface area (Å²) in [6, 6.07) is 16.9. The van der Waals surface area contributed by atoms with E-state index in [1.807, 2.05) is 31.2 Å². The van der Waals surface area contributed by atoms with Gasteiger partial charge in [0, 0.05) is 28.8 Å². The first-order valence-corrected chi connectivity index (χ1v) is 11.3. The highest BCUT2D eigenvalue weighted by Crippen LogP contribution is 2.33. The number of aromatic hydroxyl groups is 1. The number of amides is 1. The SMILES string of the molecule is Cc1ccc2c(N3CC[C@@H](NC(=O)c4c(F)cccc4Cl)C3)nc(-c3ccccc3O)nc2c1.[HH].[HH].[HH]. The molecule has 1 fully saturated rings. The van der Waals surface area contributed by atoms with Gasteiger partial charge in [-0.15, -0.1) is 0 Å². The molecule has 1 amide bonds. The molecule has 4 aromatic rings. The minimum absolute atomic E-state index is 0. The second-order valence-corrected chi connectivity index (χ2v) is 8.82. The summed E-state index contributed by atoms with van der Waals surface area (Å²) in [6.45, 7) is 3.14. The number of benzene rings is 3. The van der Waals surface area contributed by atoms with Gasteiger partial charge in [-0.3, -0.25) is 4.79 Å². The van der Waals surface area contributed by atoms with Gasteiger partial charge in [0.15, 0.2) is 5.82 Å². The Morgan fingerprint density at radius 3 is 2.79 bits per heavy atom. The molecule has 0 unspecified atom stereocenters. The van der Waals surface area contributed by atoms with Gasteiger partial charge >= 0.3 is 0 Å². The minimum atomic E-state index is -0.649. The van der Waals surface area contributed by atoms with E-state index in [0.717, 1.165) is 22.3 Å². The number of aromatic nitrogens is 2. The number of phenols is 1. The molecule has 1 aliphatic rings. The zero-order chi connectivity index (χ0) is 23.8. The number of phenolic OH excluding ortho intramolecular Hbond substituents is 1. The van der Waals surface area contributed by atoms with Crippen LogP contribution in [0.1, 0.15) is 26.6 Å². The molecule has 5 rings (SSSR count). The number of carbonyl (C=O) groups is 1. The Morgan fingerprint density at radius 2 is 2.00 bits per heavy atom. The standard InChI is InChI=1S/C26H22ClFN4O2.3H2/c1-15-9-10-17-21(13-15)30-24(18-5-2-3-8-22(18)33)31-25(17)32-12-11-16(14-32)29-26(34)23-19(27)6-4-7-20(23)28;;;/h2-10,13,16,33H,11-12,14H2,1H3,(H,29,34);3*1H/t16-;;;/m1.../s1. The normalized spacial score (nSPS) is 15.6. The number of anilines is 1. The van der Waals surface area contributed by atoms with Crippen LogP contribution in [0, 0.1) is 12.7 Å². The summed E-state index contributed by atoms with van der Waals surface area (Å²) in [7, 11) is 0. The van der Waals surface area contributed by atoms with E-state index in [1.54, 1.807) is 18.2 Å². The molecule has 2 heterocycles. The average molecular weight is 483 g/mol. The molecule has 8 heteroatoms. The fourth-order valence-electron chi connectivity index (χ4n) is 4.29. The van der Waals surface area contributed by atoms with Gasteiger partial charge in [-0.2, -0.15) is 0 Å². The molecule has 1 aliphatic heterocycles. The number of carbonyl (C=O) groups excluding carboxylic acids is 1. The maximum absolute atomic E-state index is 14.2. The van der Waals surface area contributed by atoms with Crippen molar-refractivity contribution < 1.29 is 18.6 Å². The smallest absolute Gasteiger partial charge is 0.256 e. The predicted molar refractivity (Wildman–Crippen MR) is 137 cm³/mol. The molecule has 34 heavy (non-hydrogen) atoms. The number of rotatable bonds is 4. The van der Waals surface area contributed by atoms with Crippen LogP contribution in [0.25, 0.3) is 22.3 Å². The number of fused-ring (bicyclic) bond motifs is 1. The van der Waals surface area contributed by atoms with Crippen molar-refractivity contribution in [3.63, 3.8) is 0 Å². The Morgan fingerprint density at radius 1 is 1.18 bits per heavy atom. The van der Waals surface area contributed by atoms with Crippen LogP contribution in [-0.2, 0) is 0 Å². The summed E-state index contributed by atoms with van der Waals surface area (Å²) < 4.78 is 14.2. The van der Waals surface area contributed by atoms with Crippen molar-refractivity contribution in [2.45, 2.75) is 19.4 Å². The number of nitrogens with zero attached hydrogens (tertiary/aromatic N) is 3. The van der Waals surface area contributed by atoms with Crippen LogP contribution in [0.3, 0.4) is 0 Å². The van der Waals surface area contributed by atoms with Crippen molar-refractivity contribution in [1.82, 2.24) is 15.3 Å². The summed E-state index contributed by atoms with van der Waals surface area (Å²) in [5.41, 5.74) is 2.24. The van der Waals surface area contributed by atoms with Crippen LogP contribution in [0.5, 0.6) is 5.75 Å². The molecule has 178 valence electrons. The van der Waals surface area contributed by atoms with Crippen molar-refractivity contribution >= 4 is 34.2 Å². The maximum atomic E-state index is 14.2. The lowest BCUT2D eigenvalue weighted by atomic mass is 10.1. The van der Waals surface area contributed by atoms with Crippen molar-refractivity contribution in [3.05, 3.63) is 82.6 Å². The quantitative estimate of drug-likeness (QED) is 0.381. The van der Waals surface area contributed by atoms with Gasteiger partial charge in [-0.25, -0.2) is 14.4 Å². The fourth-order valence-corrected chi connectivity index (χ4v) is 4.54. The first kappa shape index (κ1) is 22.1. The molecule has 3 aromatic carbocycles. The van der Waals surface area contributed by atoms with Crippen LogP contribution < -0.4 is 10.2 Å². The molecule has 0 aliphatic carbocycles. The van der Waals surface area contributed by atoms with Gasteiger partial charge in [0.25, 0.3) is 5.91 Å². The third-order valence-electron chi connectivity index (χ3n) is 5.99. The zero-order valence-corrected chi connectivity index (χ0v) is 19.2. The molecule has 0 saturated carbocycles. The largest absolute Gasteiger partial charge is 0.507 e. The lowest BCUT2D eigenvalue weighted by molar-refractivity contribution is 0.0936. The molecule has 1 saturated heterocycles. The topological polar surface area (TPSA) is 78.4 Å². The Labute approximate surface area is 205 Å². The number of hydrogen-bond donors (Lipinski definition) is 2. The van der Waals surface area contributed by atoms with E-state index >= 15 is 0 Å². The van der Waals surface area contributed by atoms with Crippen molar-refractivity contribution in [2.75, 3.05) is 18.0 Å². The highest BCUT2D eigenvalue weighted by molar-refractivity contribution is 6.33. The van der Waals surface area contributed by atoms with Crippen molar-refractivity contribution in [2.24, 2.45) is 0 Å². The second kappa shape index (κ2) is 8.91. The average Bonchev–Trinajstić information content (AvgIpc) is 3.26. The van der Waals surface area contributed by atoms with Gasteiger partial charge in [0.1, 0.15) is 17.4 Å². The highest BCUT2D eigenvalue weighted by Gasteiger charge is 2.28. The fraction of sp³-hybridized carbons (Fsp3) is 0.192. The zero-order valence-electron chi connectivity index (χ0n) is 18.4. The Kier molecular flexibility index (Phi) is 5.79. The summed E-state index contributed by atoms with van der Waals surface area (Å²) in [5, 5.41) is 14.2. The monoisotopic (exact) mass is 482 g/mol. The lowest BCUT2D eigenvalue weighted by Crippen LogP contribution is -2.37. The Hall–Kier alpha value is -3.71. The van der Waals surface area contributed by atoms with E-state index in [1.165, 1.54) is 18.2 Å². The molecular formula is C26H28ClFN4O2. The van der Waals surface area contributed by atoms with Crippen LogP contribution in [-0.4, -0.2) is 40.1 Å². The van der Waals surface area contributed by atoms with Crippen LogP contribution in [0.4, 0.5) is 10.2 Å². The number of aryl methyl sites for hydroxylation is 1. The Bertz CT molecular complexity index is 1410. The first-order valence-electron chi connectivity index (χ1n) is 11.0. The number of hydrogen-bond acceptors (Lipinski definition) is 5. The van der Waals surface area contributed by atoms with E-state index in [0.29, 0.717) is 30.9 Å². The van der Waals surface area contributed by atoms with Gasteiger partial charge in [0.05, 0.1) is 21.7 Å². The van der Waals surface area contributed by atoms with Gasteiger partial charge in [-0.1, -0.05) is 35.9 Å². The number of halogens is 2. The summed E-state index contributed by atoms with van der Waals surface area (Å²) in [5.74, 6) is 0.0758. The molecule has 2 N–H and O–H groups in total. The van der Waals surface area contributed by atoms with E-state index < -0.39 is 11.7 Å². The van der Waals surface area contributed by atoms with Crippen LogP contribution in [0.2, 0.25) is 5.02 Å². The first-order chi connectivity index (χ1) is 16.4. The summed E-state index contributed by atoms with van der Waals surface area (Å²) >= 11 is 6.05. The number of nitrogens with one attached hydrogen (secondary N) is 1. The molecule has 0 bridgehead atoms. The van der Waals surface area contributed by atoms with Gasteiger partial charge in [0.2, 0.25) is 0 Å². The minimum Gasteiger partial charge on any atom is -0.507 e. The third kappa shape index (κ3) is 4.15. The summed E-state index contributed by atoms with van der Waals surface area (Å²) in [4.78, 5) is 24.3. The number of para-hydroxylation sites is 1. The van der Waals surface area contributed by atoms with E-state index in [9.17, 15) is 14.3 Å². The molecule has 1 aromatic heterocycles. The van der Waals surface area contributed by atoms with Crippen molar-refractivity contribution in [1.29, 1.82) is 0 Å². The maximum Gasteiger partial charge on any atom is 0.256 e. The lowest BCUT2D eigenvalue weighted by Gasteiger charge is -2.21. The second-order valence-electron chi connectivity index (χ2n) is 8.41. The molecule has 1 atom stereocenters. The molecule has 6 nitrogen and oxygen atoms in total. The van der Waals surface area contributed by atoms with Crippen molar-refractivity contribution in [3.8, 4) is 17.1 Å². The Balaban J connectivity index is 0.00000160. The molecular weight excluding hydrogens is 455 g/mol. The molecule has 0 radical (unpaired) electrons. The van der Waals surface area contributed by atoms with Crippen LogP contribution >= 0.6 is 11.6 Å². The molecule has 0 spiro atoms.